The highest BCUT2D eigenvalue weighted by molar-refractivity contribution is 5.44. The van der Waals surface area contributed by atoms with Crippen LogP contribution in [0, 0.1) is 0 Å². The molecule has 0 unspecified atom stereocenters. The van der Waals surface area contributed by atoms with Gasteiger partial charge in [0.05, 0.1) is 0 Å². The number of hydrogen-bond donors (Lipinski definition) is 1. The second-order valence-electron chi connectivity index (χ2n) is 3.76. The van der Waals surface area contributed by atoms with Gasteiger partial charge in [0.1, 0.15) is 5.75 Å². The standard InChI is InChI=1S/C12H14N4O/c1-16(2)12-14-7-6-11(15-12)17-10-5-3-4-9(13)8-10/h3-8H,13H2,1-2H3. The number of anilines is 2. The van der Waals surface area contributed by atoms with E-state index < -0.39 is 0 Å². The first-order valence-electron chi connectivity index (χ1n) is 5.19. The smallest absolute Gasteiger partial charge is 0.228 e. The van der Waals surface area contributed by atoms with Gasteiger partial charge in [0.25, 0.3) is 0 Å². The van der Waals surface area contributed by atoms with Gasteiger partial charge in [-0.2, -0.15) is 4.98 Å². The number of ether oxygens (including phenoxy) is 1. The van der Waals surface area contributed by atoms with Crippen molar-refractivity contribution in [3.05, 3.63) is 36.5 Å². The van der Waals surface area contributed by atoms with Gasteiger partial charge < -0.3 is 15.4 Å². The third-order valence-corrected chi connectivity index (χ3v) is 2.10. The number of nitrogens with zero attached hydrogens (tertiary/aromatic N) is 3. The van der Waals surface area contributed by atoms with Crippen molar-refractivity contribution in [2.24, 2.45) is 0 Å². The lowest BCUT2D eigenvalue weighted by molar-refractivity contribution is 0.462. The monoisotopic (exact) mass is 230 g/mol. The Hall–Kier alpha value is -2.30. The number of hydrogen-bond acceptors (Lipinski definition) is 5. The van der Waals surface area contributed by atoms with Crippen LogP contribution in [0.1, 0.15) is 0 Å². The zero-order valence-corrected chi connectivity index (χ0v) is 9.79. The van der Waals surface area contributed by atoms with Gasteiger partial charge in [0.2, 0.25) is 11.8 Å². The molecule has 2 aromatic rings. The molecule has 0 atom stereocenters. The zero-order valence-electron chi connectivity index (χ0n) is 9.79. The molecule has 0 aliphatic heterocycles. The first kappa shape index (κ1) is 11.2. The number of nitrogen functional groups attached to an aromatic ring is 1. The van der Waals surface area contributed by atoms with E-state index in [1.807, 2.05) is 31.1 Å². The number of benzene rings is 1. The highest BCUT2D eigenvalue weighted by Gasteiger charge is 2.03. The van der Waals surface area contributed by atoms with Crippen molar-refractivity contribution >= 4 is 11.6 Å². The third kappa shape index (κ3) is 2.84. The van der Waals surface area contributed by atoms with Crippen LogP contribution < -0.4 is 15.4 Å². The van der Waals surface area contributed by atoms with E-state index in [0.717, 1.165) is 0 Å². The lowest BCUT2D eigenvalue weighted by Crippen LogP contribution is -2.12. The van der Waals surface area contributed by atoms with Crippen molar-refractivity contribution in [3.8, 4) is 11.6 Å². The maximum Gasteiger partial charge on any atom is 0.228 e. The Kier molecular flexibility index (Phi) is 3.09. The topological polar surface area (TPSA) is 64.3 Å². The molecule has 0 aliphatic carbocycles. The minimum absolute atomic E-state index is 0.495. The Morgan fingerprint density at radius 1 is 1.24 bits per heavy atom. The van der Waals surface area contributed by atoms with E-state index in [1.54, 1.807) is 24.4 Å². The summed E-state index contributed by atoms with van der Waals surface area (Å²) in [5, 5.41) is 0. The molecule has 1 aromatic heterocycles. The summed E-state index contributed by atoms with van der Waals surface area (Å²) in [5.41, 5.74) is 6.33. The van der Waals surface area contributed by atoms with Crippen molar-refractivity contribution in [1.29, 1.82) is 0 Å². The van der Waals surface area contributed by atoms with Gasteiger partial charge >= 0.3 is 0 Å². The van der Waals surface area contributed by atoms with Crippen molar-refractivity contribution in [2.75, 3.05) is 24.7 Å². The molecule has 5 nitrogen and oxygen atoms in total. The quantitative estimate of drug-likeness (QED) is 0.816. The van der Waals surface area contributed by atoms with Gasteiger partial charge in [-0.3, -0.25) is 0 Å². The number of aromatic nitrogens is 2. The van der Waals surface area contributed by atoms with Crippen molar-refractivity contribution in [1.82, 2.24) is 9.97 Å². The summed E-state index contributed by atoms with van der Waals surface area (Å²) in [6.45, 7) is 0. The van der Waals surface area contributed by atoms with E-state index in [9.17, 15) is 0 Å². The fraction of sp³-hybridized carbons (Fsp3) is 0.167. The predicted octanol–water partition coefficient (Wildman–Crippen LogP) is 1.92. The molecule has 0 bridgehead atoms. The molecule has 0 aliphatic rings. The minimum Gasteiger partial charge on any atom is -0.439 e. The summed E-state index contributed by atoms with van der Waals surface area (Å²) in [4.78, 5) is 10.2. The van der Waals surface area contributed by atoms with Crippen LogP contribution in [0.2, 0.25) is 0 Å². The molecule has 5 heteroatoms. The summed E-state index contributed by atoms with van der Waals surface area (Å²) in [5.74, 6) is 1.76. The highest BCUT2D eigenvalue weighted by atomic mass is 16.5. The molecule has 1 heterocycles. The van der Waals surface area contributed by atoms with Gasteiger partial charge in [-0.1, -0.05) is 6.07 Å². The Labute approximate surface area is 99.9 Å². The van der Waals surface area contributed by atoms with Crippen LogP contribution in [0.15, 0.2) is 36.5 Å². The van der Waals surface area contributed by atoms with E-state index in [1.165, 1.54) is 0 Å². The van der Waals surface area contributed by atoms with Crippen LogP contribution >= 0.6 is 0 Å². The molecule has 0 amide bonds. The van der Waals surface area contributed by atoms with Gasteiger partial charge in [-0.25, -0.2) is 4.98 Å². The first-order valence-corrected chi connectivity index (χ1v) is 5.19. The van der Waals surface area contributed by atoms with E-state index in [-0.39, 0.29) is 0 Å². The number of rotatable bonds is 3. The maximum absolute atomic E-state index is 5.67. The van der Waals surface area contributed by atoms with Crippen LogP contribution in [0.5, 0.6) is 11.6 Å². The largest absolute Gasteiger partial charge is 0.439 e. The fourth-order valence-corrected chi connectivity index (χ4v) is 1.30. The van der Waals surface area contributed by atoms with Crippen LogP contribution in [0.4, 0.5) is 11.6 Å². The van der Waals surface area contributed by atoms with Gasteiger partial charge in [-0.05, 0) is 12.1 Å². The third-order valence-electron chi connectivity index (χ3n) is 2.10. The first-order chi connectivity index (χ1) is 8.15. The van der Waals surface area contributed by atoms with Gasteiger partial charge in [0, 0.05) is 38.1 Å². The van der Waals surface area contributed by atoms with Crippen molar-refractivity contribution in [3.63, 3.8) is 0 Å². The normalized spacial score (nSPS) is 10.0. The molecule has 1 aromatic carbocycles. The highest BCUT2D eigenvalue weighted by Crippen LogP contribution is 2.21. The van der Waals surface area contributed by atoms with E-state index in [4.69, 9.17) is 10.5 Å². The van der Waals surface area contributed by atoms with E-state index >= 15 is 0 Å². The SMILES string of the molecule is CN(C)c1nccc(Oc2cccc(N)c2)n1. The molecule has 0 saturated heterocycles. The summed E-state index contributed by atoms with van der Waals surface area (Å²) in [6.07, 6.45) is 1.66. The minimum atomic E-state index is 0.495. The summed E-state index contributed by atoms with van der Waals surface area (Å²) in [6, 6.07) is 8.91. The molecule has 0 radical (unpaired) electrons. The van der Waals surface area contributed by atoms with Crippen LogP contribution in [-0.2, 0) is 0 Å². The molecule has 0 spiro atoms. The summed E-state index contributed by atoms with van der Waals surface area (Å²) < 4.78 is 5.59. The molecule has 2 rings (SSSR count). The van der Waals surface area contributed by atoms with E-state index in [0.29, 0.717) is 23.3 Å². The van der Waals surface area contributed by atoms with Crippen LogP contribution in [0.3, 0.4) is 0 Å². The average Bonchev–Trinajstić information content (AvgIpc) is 2.29. The maximum atomic E-state index is 5.67. The lowest BCUT2D eigenvalue weighted by atomic mass is 10.3. The molecular formula is C12H14N4O. The molecule has 2 N–H and O–H groups in total. The van der Waals surface area contributed by atoms with Crippen LogP contribution in [-0.4, -0.2) is 24.1 Å². The molecule has 0 fully saturated rings. The van der Waals surface area contributed by atoms with Gasteiger partial charge in [-0.15, -0.1) is 0 Å². The predicted molar refractivity (Wildman–Crippen MR) is 67.3 cm³/mol. The second kappa shape index (κ2) is 4.69. The molecule has 88 valence electrons. The Bertz CT molecular complexity index is 513. The molecule has 17 heavy (non-hydrogen) atoms. The Balaban J connectivity index is 2.21. The van der Waals surface area contributed by atoms with Crippen molar-refractivity contribution in [2.45, 2.75) is 0 Å². The zero-order chi connectivity index (χ0) is 12.3. The summed E-state index contributed by atoms with van der Waals surface area (Å²) >= 11 is 0. The number of nitrogens with two attached hydrogens (primary N) is 1. The lowest BCUT2D eigenvalue weighted by Gasteiger charge is -2.11. The Morgan fingerprint density at radius 2 is 2.06 bits per heavy atom. The van der Waals surface area contributed by atoms with Crippen molar-refractivity contribution < 1.29 is 4.74 Å². The van der Waals surface area contributed by atoms with E-state index in [2.05, 4.69) is 9.97 Å². The molecular weight excluding hydrogens is 216 g/mol. The summed E-state index contributed by atoms with van der Waals surface area (Å²) in [7, 11) is 3.75. The Morgan fingerprint density at radius 3 is 2.76 bits per heavy atom. The fourth-order valence-electron chi connectivity index (χ4n) is 1.30. The average molecular weight is 230 g/mol. The molecule has 0 saturated carbocycles. The second-order valence-corrected chi connectivity index (χ2v) is 3.76. The van der Waals surface area contributed by atoms with Crippen LogP contribution in [0.25, 0.3) is 0 Å². The van der Waals surface area contributed by atoms with Gasteiger partial charge in [0.15, 0.2) is 0 Å².